The molecule has 23 heavy (non-hydrogen) atoms. The van der Waals surface area contributed by atoms with Gasteiger partial charge in [0.1, 0.15) is 0 Å². The monoisotopic (exact) mass is 312 g/mol. The largest absolute Gasteiger partial charge is 0.0998 e. The second kappa shape index (κ2) is 5.24. The molecule has 3 fully saturated rings. The maximum atomic E-state index is 4.35. The summed E-state index contributed by atoms with van der Waals surface area (Å²) in [6, 6.07) is 0. The summed E-state index contributed by atoms with van der Waals surface area (Å²) in [5, 5.41) is 0. The molecule has 4 aliphatic rings. The van der Waals surface area contributed by atoms with Crippen molar-refractivity contribution in [3.8, 4) is 0 Å². The SMILES string of the molecule is C=C(C)[C@H]1CCC2C3CC=C4CC(C)CC[C@]4(C)C3CC[C@@]21C. The molecule has 7 atom stereocenters. The number of rotatable bonds is 1. The lowest BCUT2D eigenvalue weighted by Gasteiger charge is -2.58. The standard InChI is InChI=1S/C23H36/c1-15(2)19-8-9-20-18-7-6-17-14-16(3)10-12-22(17,4)21(18)11-13-23(19,20)5/h6,16,18-21H,1,7-14H2,2-5H3/t16?,18?,19-,20?,21?,22+,23-/m1/s1. The van der Waals surface area contributed by atoms with Gasteiger partial charge in [-0.1, -0.05) is 44.6 Å². The Balaban J connectivity index is 1.66. The third kappa shape index (κ3) is 2.16. The summed E-state index contributed by atoms with van der Waals surface area (Å²) in [7, 11) is 0. The van der Waals surface area contributed by atoms with Gasteiger partial charge in [0.2, 0.25) is 0 Å². The van der Waals surface area contributed by atoms with E-state index < -0.39 is 0 Å². The van der Waals surface area contributed by atoms with Crippen molar-refractivity contribution in [2.45, 2.75) is 79.1 Å². The summed E-state index contributed by atoms with van der Waals surface area (Å²) in [6.45, 7) is 14.3. The molecule has 0 aromatic heterocycles. The van der Waals surface area contributed by atoms with Crippen molar-refractivity contribution in [3.05, 3.63) is 23.8 Å². The maximum Gasteiger partial charge on any atom is -0.00851 e. The first-order valence-corrected chi connectivity index (χ1v) is 10.2. The third-order valence-electron chi connectivity index (χ3n) is 8.95. The summed E-state index contributed by atoms with van der Waals surface area (Å²) in [5.74, 6) is 4.59. The Bertz CT molecular complexity index is 540. The minimum Gasteiger partial charge on any atom is -0.0998 e. The summed E-state index contributed by atoms with van der Waals surface area (Å²) in [5.41, 5.74) is 4.39. The molecule has 0 N–H and O–H groups in total. The van der Waals surface area contributed by atoms with E-state index in [2.05, 4.69) is 40.3 Å². The predicted molar refractivity (Wildman–Crippen MR) is 99.2 cm³/mol. The fourth-order valence-electron chi connectivity index (χ4n) is 7.65. The molecule has 128 valence electrons. The molecule has 0 radical (unpaired) electrons. The van der Waals surface area contributed by atoms with E-state index in [1.54, 1.807) is 0 Å². The van der Waals surface area contributed by atoms with Crippen molar-refractivity contribution in [2.75, 3.05) is 0 Å². The van der Waals surface area contributed by atoms with Gasteiger partial charge in [0.25, 0.3) is 0 Å². The highest BCUT2D eigenvalue weighted by Gasteiger charge is 2.58. The lowest BCUT2D eigenvalue weighted by atomic mass is 9.47. The van der Waals surface area contributed by atoms with E-state index in [4.69, 9.17) is 0 Å². The van der Waals surface area contributed by atoms with E-state index in [-0.39, 0.29) is 0 Å². The molecular formula is C23H36. The number of hydrogen-bond acceptors (Lipinski definition) is 0. The van der Waals surface area contributed by atoms with Gasteiger partial charge in [0.15, 0.2) is 0 Å². The van der Waals surface area contributed by atoms with E-state index in [1.807, 2.05) is 5.57 Å². The Morgan fingerprint density at radius 3 is 2.61 bits per heavy atom. The summed E-state index contributed by atoms with van der Waals surface area (Å²) < 4.78 is 0. The van der Waals surface area contributed by atoms with Crippen LogP contribution in [0.1, 0.15) is 79.1 Å². The minimum absolute atomic E-state index is 0.540. The quantitative estimate of drug-likeness (QED) is 0.468. The Labute approximate surface area is 143 Å². The van der Waals surface area contributed by atoms with Crippen LogP contribution in [-0.2, 0) is 0 Å². The molecule has 0 aromatic rings. The first kappa shape index (κ1) is 16.0. The van der Waals surface area contributed by atoms with Crippen LogP contribution in [0.25, 0.3) is 0 Å². The normalized spacial score (nSPS) is 52.2. The molecule has 4 aliphatic carbocycles. The molecule has 0 heterocycles. The van der Waals surface area contributed by atoms with Gasteiger partial charge < -0.3 is 0 Å². The Kier molecular flexibility index (Phi) is 3.64. The van der Waals surface area contributed by atoms with Crippen molar-refractivity contribution in [3.63, 3.8) is 0 Å². The number of allylic oxidation sites excluding steroid dienone is 3. The number of hydrogen-bond donors (Lipinski definition) is 0. The molecule has 0 amide bonds. The van der Waals surface area contributed by atoms with Crippen molar-refractivity contribution in [2.24, 2.45) is 40.4 Å². The molecule has 0 aliphatic heterocycles. The lowest BCUT2D eigenvalue weighted by Crippen LogP contribution is -2.50. The van der Waals surface area contributed by atoms with Gasteiger partial charge in [-0.3, -0.25) is 0 Å². The third-order valence-corrected chi connectivity index (χ3v) is 8.95. The molecule has 0 aromatic carbocycles. The Morgan fingerprint density at radius 2 is 1.87 bits per heavy atom. The summed E-state index contributed by atoms with van der Waals surface area (Å²) >= 11 is 0. The van der Waals surface area contributed by atoms with Crippen molar-refractivity contribution in [1.82, 2.24) is 0 Å². The lowest BCUT2D eigenvalue weighted by molar-refractivity contribution is -0.0388. The van der Waals surface area contributed by atoms with Crippen LogP contribution in [-0.4, -0.2) is 0 Å². The van der Waals surface area contributed by atoms with Gasteiger partial charge in [0.05, 0.1) is 0 Å². The molecule has 0 nitrogen and oxygen atoms in total. The highest BCUT2D eigenvalue weighted by Crippen LogP contribution is 2.67. The van der Waals surface area contributed by atoms with Crippen molar-refractivity contribution < 1.29 is 0 Å². The molecule has 3 saturated carbocycles. The second-order valence-corrected chi connectivity index (χ2v) is 10.1. The Hall–Kier alpha value is -0.520. The predicted octanol–water partition coefficient (Wildman–Crippen LogP) is 6.78. The molecular weight excluding hydrogens is 276 g/mol. The highest BCUT2D eigenvalue weighted by molar-refractivity contribution is 5.25. The zero-order valence-corrected chi connectivity index (χ0v) is 15.8. The molecule has 0 saturated heterocycles. The minimum atomic E-state index is 0.540. The fourth-order valence-corrected chi connectivity index (χ4v) is 7.65. The zero-order valence-electron chi connectivity index (χ0n) is 15.8. The van der Waals surface area contributed by atoms with Gasteiger partial charge in [0, 0.05) is 0 Å². The van der Waals surface area contributed by atoms with Crippen LogP contribution in [0.5, 0.6) is 0 Å². The average molecular weight is 313 g/mol. The van der Waals surface area contributed by atoms with Gasteiger partial charge in [-0.15, -0.1) is 0 Å². The van der Waals surface area contributed by atoms with Gasteiger partial charge in [-0.2, -0.15) is 0 Å². The first-order valence-electron chi connectivity index (χ1n) is 10.2. The maximum absolute atomic E-state index is 4.35. The van der Waals surface area contributed by atoms with Crippen LogP contribution in [0.2, 0.25) is 0 Å². The number of fused-ring (bicyclic) bond motifs is 5. The van der Waals surface area contributed by atoms with Crippen LogP contribution < -0.4 is 0 Å². The van der Waals surface area contributed by atoms with Gasteiger partial charge >= 0.3 is 0 Å². The molecule has 0 heteroatoms. The fraction of sp³-hybridized carbons (Fsp3) is 0.826. The summed E-state index contributed by atoms with van der Waals surface area (Å²) in [6.07, 6.45) is 14.2. The topological polar surface area (TPSA) is 0 Å². The zero-order chi connectivity index (χ0) is 16.4. The first-order chi connectivity index (χ1) is 10.9. The van der Waals surface area contributed by atoms with Crippen LogP contribution in [0.15, 0.2) is 23.8 Å². The van der Waals surface area contributed by atoms with Gasteiger partial charge in [-0.25, -0.2) is 0 Å². The second-order valence-electron chi connectivity index (χ2n) is 10.1. The van der Waals surface area contributed by atoms with E-state index in [1.165, 1.54) is 56.9 Å². The van der Waals surface area contributed by atoms with E-state index in [0.29, 0.717) is 10.8 Å². The van der Waals surface area contributed by atoms with E-state index in [9.17, 15) is 0 Å². The van der Waals surface area contributed by atoms with Crippen LogP contribution in [0.4, 0.5) is 0 Å². The average Bonchev–Trinajstić information content (AvgIpc) is 2.85. The smallest absolute Gasteiger partial charge is 0.00851 e. The van der Waals surface area contributed by atoms with Crippen LogP contribution in [0.3, 0.4) is 0 Å². The Morgan fingerprint density at radius 1 is 1.09 bits per heavy atom. The highest BCUT2D eigenvalue weighted by atomic mass is 14.6. The van der Waals surface area contributed by atoms with Crippen LogP contribution >= 0.6 is 0 Å². The molecule has 0 spiro atoms. The van der Waals surface area contributed by atoms with Crippen molar-refractivity contribution in [1.29, 1.82) is 0 Å². The van der Waals surface area contributed by atoms with E-state index in [0.717, 1.165) is 29.6 Å². The molecule has 0 bridgehead atoms. The van der Waals surface area contributed by atoms with Gasteiger partial charge in [-0.05, 0) is 98.7 Å². The molecule has 4 unspecified atom stereocenters. The van der Waals surface area contributed by atoms with Crippen molar-refractivity contribution >= 4 is 0 Å². The van der Waals surface area contributed by atoms with E-state index >= 15 is 0 Å². The summed E-state index contributed by atoms with van der Waals surface area (Å²) in [4.78, 5) is 0. The van der Waals surface area contributed by atoms with Crippen LogP contribution in [0, 0.1) is 40.4 Å². The molecule has 4 rings (SSSR count).